The van der Waals surface area contributed by atoms with Crippen LogP contribution < -0.4 is 14.4 Å². The van der Waals surface area contributed by atoms with E-state index in [2.05, 4.69) is 5.32 Å². The molecule has 0 aliphatic carbocycles. The molecule has 0 saturated carbocycles. The molecular formula is C40H40FN3O5S. The minimum absolute atomic E-state index is 0.00199. The molecule has 0 fully saturated rings. The average molecular weight is 694 g/mol. The predicted molar refractivity (Wildman–Crippen MR) is 193 cm³/mol. The normalized spacial score (nSPS) is 12.4. The Kier molecular flexibility index (Phi) is 12.0. The summed E-state index contributed by atoms with van der Waals surface area (Å²) in [6.45, 7) is 3.15. The Morgan fingerprint density at radius 2 is 1.30 bits per heavy atom. The van der Waals surface area contributed by atoms with Crippen molar-refractivity contribution in [1.29, 1.82) is 0 Å². The van der Waals surface area contributed by atoms with Gasteiger partial charge in [-0.05, 0) is 85.1 Å². The number of benzene rings is 5. The molecule has 50 heavy (non-hydrogen) atoms. The summed E-state index contributed by atoms with van der Waals surface area (Å²) >= 11 is 0. The quantitative estimate of drug-likeness (QED) is 0.124. The zero-order valence-electron chi connectivity index (χ0n) is 28.0. The lowest BCUT2D eigenvalue weighted by Gasteiger charge is -2.34. The molecule has 0 spiro atoms. The van der Waals surface area contributed by atoms with E-state index in [1.165, 1.54) is 29.2 Å². The van der Waals surface area contributed by atoms with Gasteiger partial charge in [0.25, 0.3) is 10.0 Å². The molecule has 0 unspecified atom stereocenters. The average Bonchev–Trinajstić information content (AvgIpc) is 3.14. The van der Waals surface area contributed by atoms with Crippen molar-refractivity contribution in [3.8, 4) is 11.5 Å². The summed E-state index contributed by atoms with van der Waals surface area (Å²) in [5, 5.41) is 3.01. The van der Waals surface area contributed by atoms with Gasteiger partial charge in [0, 0.05) is 19.0 Å². The lowest BCUT2D eigenvalue weighted by molar-refractivity contribution is -0.140. The van der Waals surface area contributed by atoms with Gasteiger partial charge in [-0.3, -0.25) is 13.9 Å². The van der Waals surface area contributed by atoms with Crippen molar-refractivity contribution in [3.05, 3.63) is 156 Å². The van der Waals surface area contributed by atoms with Gasteiger partial charge < -0.3 is 15.0 Å². The van der Waals surface area contributed by atoms with Gasteiger partial charge in [-0.25, -0.2) is 12.8 Å². The predicted octanol–water partition coefficient (Wildman–Crippen LogP) is 7.37. The summed E-state index contributed by atoms with van der Waals surface area (Å²) in [7, 11) is -4.27. The second kappa shape index (κ2) is 16.8. The number of para-hydroxylation sites is 1. The van der Waals surface area contributed by atoms with Crippen molar-refractivity contribution in [1.82, 2.24) is 10.2 Å². The number of carbonyl (C=O) groups excluding carboxylic acids is 2. The number of amides is 2. The molecule has 0 aromatic heterocycles. The summed E-state index contributed by atoms with van der Waals surface area (Å²) < 4.78 is 49.4. The van der Waals surface area contributed by atoms with E-state index in [4.69, 9.17) is 4.74 Å². The van der Waals surface area contributed by atoms with Crippen LogP contribution in [-0.2, 0) is 32.6 Å². The topological polar surface area (TPSA) is 96.0 Å². The van der Waals surface area contributed by atoms with E-state index < -0.39 is 34.3 Å². The monoisotopic (exact) mass is 693 g/mol. The lowest BCUT2D eigenvalue weighted by Crippen LogP contribution is -2.54. The third-order valence-corrected chi connectivity index (χ3v) is 10.0. The summed E-state index contributed by atoms with van der Waals surface area (Å²) in [6.07, 6.45) is 0.843. The molecule has 0 bridgehead atoms. The molecule has 2 amide bonds. The van der Waals surface area contributed by atoms with Crippen molar-refractivity contribution in [2.45, 2.75) is 50.2 Å². The van der Waals surface area contributed by atoms with Crippen LogP contribution in [0.3, 0.4) is 0 Å². The zero-order chi connectivity index (χ0) is 35.5. The lowest BCUT2D eigenvalue weighted by atomic mass is 10.0. The van der Waals surface area contributed by atoms with Crippen LogP contribution in [0.5, 0.6) is 11.5 Å². The maximum Gasteiger partial charge on any atom is 0.264 e. The highest BCUT2D eigenvalue weighted by Crippen LogP contribution is 2.29. The smallest absolute Gasteiger partial charge is 0.264 e. The fraction of sp³-hybridized carbons (Fsp3) is 0.200. The molecule has 5 rings (SSSR count). The number of nitrogens with zero attached hydrogens (tertiary/aromatic N) is 2. The third-order valence-electron chi connectivity index (χ3n) is 8.25. The second-order valence-electron chi connectivity index (χ2n) is 11.9. The van der Waals surface area contributed by atoms with E-state index in [1.807, 2.05) is 62.4 Å². The van der Waals surface area contributed by atoms with Crippen molar-refractivity contribution in [2.24, 2.45) is 0 Å². The minimum atomic E-state index is -4.27. The van der Waals surface area contributed by atoms with Gasteiger partial charge in [-0.2, -0.15) is 0 Å². The molecule has 0 aliphatic heterocycles. The molecule has 0 radical (unpaired) electrons. The van der Waals surface area contributed by atoms with Gasteiger partial charge in [-0.1, -0.05) is 85.8 Å². The maximum atomic E-state index is 14.6. The van der Waals surface area contributed by atoms with E-state index in [1.54, 1.807) is 66.7 Å². The summed E-state index contributed by atoms with van der Waals surface area (Å²) in [6, 6.07) is 37.2. The molecule has 1 N–H and O–H groups in total. The van der Waals surface area contributed by atoms with Crippen molar-refractivity contribution in [2.75, 3.05) is 10.8 Å². The number of nitrogens with one attached hydrogen (secondary N) is 1. The number of hydrogen-bond donors (Lipinski definition) is 1. The number of carbonyl (C=O) groups is 2. The van der Waals surface area contributed by atoms with E-state index >= 15 is 0 Å². The Bertz CT molecular complexity index is 1940. The number of hydrogen-bond acceptors (Lipinski definition) is 5. The summed E-state index contributed by atoms with van der Waals surface area (Å²) in [5.41, 5.74) is 1.62. The molecule has 2 atom stereocenters. The van der Waals surface area contributed by atoms with E-state index in [9.17, 15) is 22.4 Å². The number of halogens is 1. The van der Waals surface area contributed by atoms with Crippen LogP contribution in [0, 0.1) is 5.82 Å². The molecule has 10 heteroatoms. The number of rotatable bonds is 15. The molecule has 0 heterocycles. The number of sulfonamides is 1. The summed E-state index contributed by atoms with van der Waals surface area (Å²) in [4.78, 5) is 30.0. The molecule has 0 saturated heterocycles. The van der Waals surface area contributed by atoms with E-state index in [0.29, 0.717) is 23.5 Å². The van der Waals surface area contributed by atoms with Crippen molar-refractivity contribution < 1.29 is 27.1 Å². The standard InChI is InChI=1S/C40H40FN3O5S/c1-3-30(2)42-40(46)38(27-31-13-7-4-8-14-31)43(28-32-19-21-33(41)22-20-32)39(45)29-44(50(47,48)37-17-11-6-12-18-37)34-23-25-36(26-24-34)49-35-15-9-5-10-16-35/h4-26,30,38H,3,27-29H2,1-2H3,(H,42,46)/t30-,38-/m1/s1. The Hall–Kier alpha value is -5.48. The van der Waals surface area contributed by atoms with Gasteiger partial charge in [0.1, 0.15) is 29.9 Å². The van der Waals surface area contributed by atoms with E-state index in [-0.39, 0.29) is 35.5 Å². The largest absolute Gasteiger partial charge is 0.457 e. The van der Waals surface area contributed by atoms with Gasteiger partial charge in [0.15, 0.2) is 0 Å². The fourth-order valence-corrected chi connectivity index (χ4v) is 6.77. The first-order chi connectivity index (χ1) is 24.1. The molecule has 5 aromatic rings. The number of anilines is 1. The SMILES string of the molecule is CC[C@@H](C)NC(=O)[C@@H](Cc1ccccc1)N(Cc1ccc(F)cc1)C(=O)CN(c1ccc(Oc2ccccc2)cc1)S(=O)(=O)c1ccccc1. The highest BCUT2D eigenvalue weighted by atomic mass is 32.2. The van der Waals surface area contributed by atoms with Crippen LogP contribution in [0.15, 0.2) is 144 Å². The highest BCUT2D eigenvalue weighted by molar-refractivity contribution is 7.92. The highest BCUT2D eigenvalue weighted by Gasteiger charge is 2.35. The molecular weight excluding hydrogens is 654 g/mol. The van der Waals surface area contributed by atoms with Crippen LogP contribution in [0.2, 0.25) is 0 Å². The fourth-order valence-electron chi connectivity index (χ4n) is 5.34. The Morgan fingerprint density at radius 1 is 0.740 bits per heavy atom. The zero-order valence-corrected chi connectivity index (χ0v) is 28.8. The first kappa shape index (κ1) is 35.8. The van der Waals surface area contributed by atoms with Crippen LogP contribution in [0.25, 0.3) is 0 Å². The van der Waals surface area contributed by atoms with E-state index in [0.717, 1.165) is 9.87 Å². The Balaban J connectivity index is 1.55. The Labute approximate surface area is 293 Å². The van der Waals surface area contributed by atoms with Gasteiger partial charge in [-0.15, -0.1) is 0 Å². The van der Waals surface area contributed by atoms with Crippen LogP contribution in [0.1, 0.15) is 31.4 Å². The summed E-state index contributed by atoms with van der Waals surface area (Å²) in [5.74, 6) is -0.342. The van der Waals surface area contributed by atoms with Gasteiger partial charge in [0.2, 0.25) is 11.8 Å². The first-order valence-electron chi connectivity index (χ1n) is 16.4. The molecule has 5 aromatic carbocycles. The maximum absolute atomic E-state index is 14.6. The first-order valence-corrected chi connectivity index (χ1v) is 17.9. The minimum Gasteiger partial charge on any atom is -0.457 e. The van der Waals surface area contributed by atoms with Gasteiger partial charge in [0.05, 0.1) is 10.6 Å². The molecule has 0 aliphatic rings. The van der Waals surface area contributed by atoms with Gasteiger partial charge >= 0.3 is 0 Å². The van der Waals surface area contributed by atoms with Crippen LogP contribution in [0.4, 0.5) is 10.1 Å². The van der Waals surface area contributed by atoms with Crippen molar-refractivity contribution >= 4 is 27.5 Å². The number of ether oxygens (including phenoxy) is 1. The van der Waals surface area contributed by atoms with Crippen LogP contribution in [-0.4, -0.2) is 43.8 Å². The van der Waals surface area contributed by atoms with Crippen LogP contribution >= 0.6 is 0 Å². The second-order valence-corrected chi connectivity index (χ2v) is 13.8. The Morgan fingerprint density at radius 3 is 1.90 bits per heavy atom. The third kappa shape index (κ3) is 9.35. The van der Waals surface area contributed by atoms with Crippen molar-refractivity contribution in [3.63, 3.8) is 0 Å². The molecule has 8 nitrogen and oxygen atoms in total. The molecule has 258 valence electrons.